The molecule has 41 heavy (non-hydrogen) atoms. The van der Waals surface area contributed by atoms with E-state index >= 15 is 0 Å². The molecular weight excluding hydrogens is 506 g/mol. The summed E-state index contributed by atoms with van der Waals surface area (Å²) < 4.78 is 15.1. The van der Waals surface area contributed by atoms with Crippen LogP contribution in [0.5, 0.6) is 0 Å². The second-order valence-electron chi connectivity index (χ2n) is 10.5. The van der Waals surface area contributed by atoms with Crippen LogP contribution in [0.2, 0.25) is 0 Å². The van der Waals surface area contributed by atoms with Crippen LogP contribution in [0.4, 0.5) is 0 Å². The van der Waals surface area contributed by atoms with Gasteiger partial charge in [0.25, 0.3) is 0 Å². The van der Waals surface area contributed by atoms with Gasteiger partial charge in [0.15, 0.2) is 0 Å². The van der Waals surface area contributed by atoms with Crippen LogP contribution in [0.3, 0.4) is 0 Å². The molecule has 0 amide bonds. The Bertz CT molecular complexity index is 2550. The van der Waals surface area contributed by atoms with E-state index in [2.05, 4.69) is 53.1 Å². The predicted octanol–water partition coefficient (Wildman–Crippen LogP) is 9.61. The molecule has 9 rings (SSSR count). The first-order valence-electron chi connectivity index (χ1n) is 13.6. The molecule has 0 saturated carbocycles. The van der Waals surface area contributed by atoms with Crippen molar-refractivity contribution >= 4 is 65.7 Å². The summed E-state index contributed by atoms with van der Waals surface area (Å²) in [5.41, 5.74) is 7.96. The van der Waals surface area contributed by atoms with Crippen molar-refractivity contribution in [1.29, 1.82) is 0 Å². The maximum absolute atomic E-state index is 13.5. The lowest BCUT2D eigenvalue weighted by molar-refractivity contribution is 0.660. The molecule has 9 aromatic rings. The highest BCUT2D eigenvalue weighted by molar-refractivity contribution is 6.23. The molecule has 0 aliphatic heterocycles. The zero-order valence-corrected chi connectivity index (χ0v) is 21.8. The van der Waals surface area contributed by atoms with Gasteiger partial charge >= 0.3 is 0 Å². The topological polar surface area (TPSA) is 48.3 Å². The van der Waals surface area contributed by atoms with E-state index in [0.717, 1.165) is 60.6 Å². The number of hydrogen-bond acceptors (Lipinski definition) is 3. The van der Waals surface area contributed by atoms with Crippen molar-refractivity contribution in [1.82, 2.24) is 4.57 Å². The molecule has 4 heteroatoms. The van der Waals surface area contributed by atoms with Crippen molar-refractivity contribution in [3.05, 3.63) is 138 Å². The van der Waals surface area contributed by atoms with Gasteiger partial charge in [-0.3, -0.25) is 4.79 Å². The van der Waals surface area contributed by atoms with Crippen LogP contribution in [0.1, 0.15) is 0 Å². The minimum Gasteiger partial charge on any atom is -0.456 e. The number of aromatic nitrogens is 1. The fraction of sp³-hybridized carbons (Fsp3) is 0. The average Bonchev–Trinajstić information content (AvgIpc) is 3.57. The maximum atomic E-state index is 13.5. The highest BCUT2D eigenvalue weighted by Gasteiger charge is 2.19. The van der Waals surface area contributed by atoms with Gasteiger partial charge in [0, 0.05) is 27.9 Å². The molecule has 0 atom stereocenters. The van der Waals surface area contributed by atoms with Crippen LogP contribution in [0.15, 0.2) is 141 Å². The van der Waals surface area contributed by atoms with E-state index in [-0.39, 0.29) is 5.43 Å². The molecule has 0 unspecified atom stereocenters. The van der Waals surface area contributed by atoms with Gasteiger partial charge in [0.05, 0.1) is 27.2 Å². The van der Waals surface area contributed by atoms with E-state index in [9.17, 15) is 4.79 Å². The summed E-state index contributed by atoms with van der Waals surface area (Å²) >= 11 is 0. The van der Waals surface area contributed by atoms with Crippen molar-refractivity contribution in [2.75, 3.05) is 0 Å². The van der Waals surface area contributed by atoms with Crippen LogP contribution in [-0.2, 0) is 0 Å². The molecule has 0 saturated heterocycles. The minimum absolute atomic E-state index is 0.0291. The molecule has 0 aliphatic carbocycles. The molecule has 0 fully saturated rings. The Morgan fingerprint density at radius 3 is 2.05 bits per heavy atom. The second kappa shape index (κ2) is 8.20. The Kier molecular flexibility index (Phi) is 4.44. The Morgan fingerprint density at radius 1 is 0.463 bits per heavy atom. The quantitative estimate of drug-likeness (QED) is 0.210. The van der Waals surface area contributed by atoms with Gasteiger partial charge in [-0.05, 0) is 59.7 Å². The van der Waals surface area contributed by atoms with E-state index in [1.165, 1.54) is 0 Å². The number of rotatable bonds is 2. The van der Waals surface area contributed by atoms with Gasteiger partial charge in [-0.25, -0.2) is 0 Å². The van der Waals surface area contributed by atoms with Crippen LogP contribution in [0.25, 0.3) is 82.5 Å². The van der Waals surface area contributed by atoms with Crippen molar-refractivity contribution in [3.8, 4) is 16.8 Å². The minimum atomic E-state index is -0.0291. The predicted molar refractivity (Wildman–Crippen MR) is 167 cm³/mol. The van der Waals surface area contributed by atoms with E-state index in [0.29, 0.717) is 21.9 Å². The van der Waals surface area contributed by atoms with Gasteiger partial charge in [0.1, 0.15) is 22.3 Å². The number of fused-ring (bicyclic) bond motifs is 9. The number of benzene rings is 6. The lowest BCUT2D eigenvalue weighted by atomic mass is 10.0. The first-order chi connectivity index (χ1) is 20.2. The molecular formula is C37H21NO3. The summed E-state index contributed by atoms with van der Waals surface area (Å²) in [7, 11) is 0. The van der Waals surface area contributed by atoms with Gasteiger partial charge in [-0.15, -0.1) is 0 Å². The van der Waals surface area contributed by atoms with E-state index in [4.69, 9.17) is 8.83 Å². The Labute approximate surface area is 233 Å². The maximum Gasteiger partial charge on any atom is 0.200 e. The third-order valence-electron chi connectivity index (χ3n) is 8.20. The highest BCUT2D eigenvalue weighted by Crippen LogP contribution is 2.40. The molecule has 0 aliphatic rings. The van der Waals surface area contributed by atoms with Gasteiger partial charge in [-0.1, -0.05) is 72.8 Å². The summed E-state index contributed by atoms with van der Waals surface area (Å²) in [6, 6.07) is 42.6. The third-order valence-corrected chi connectivity index (χ3v) is 8.20. The molecule has 6 aromatic carbocycles. The van der Waals surface area contributed by atoms with Crippen molar-refractivity contribution < 1.29 is 8.83 Å². The molecule has 4 nitrogen and oxygen atoms in total. The molecule has 192 valence electrons. The molecule has 0 bridgehead atoms. The van der Waals surface area contributed by atoms with Crippen molar-refractivity contribution in [2.24, 2.45) is 0 Å². The molecule has 0 N–H and O–H groups in total. The third kappa shape index (κ3) is 3.13. The van der Waals surface area contributed by atoms with Gasteiger partial charge in [-0.2, -0.15) is 0 Å². The normalized spacial score (nSPS) is 12.0. The van der Waals surface area contributed by atoms with Crippen molar-refractivity contribution in [3.63, 3.8) is 0 Å². The Balaban J connectivity index is 1.32. The fourth-order valence-corrected chi connectivity index (χ4v) is 6.30. The molecule has 0 spiro atoms. The standard InChI is InChI=1S/C37H21NO3/c39-36-28-16-14-23(22-8-2-1-3-9-22)20-33(28)40-34-21-24(15-17-29(34)36)38-30-12-6-4-11-27(30)35-31(38)19-18-26-25-10-5-7-13-32(25)41-37(26)35/h1-21H. The second-order valence-corrected chi connectivity index (χ2v) is 10.5. The zero-order chi connectivity index (χ0) is 27.1. The van der Waals surface area contributed by atoms with E-state index in [1.807, 2.05) is 78.9 Å². The van der Waals surface area contributed by atoms with E-state index < -0.39 is 0 Å². The lowest BCUT2D eigenvalue weighted by Crippen LogP contribution is -2.03. The Hall–Kier alpha value is -5.61. The summed E-state index contributed by atoms with van der Waals surface area (Å²) in [4.78, 5) is 13.5. The van der Waals surface area contributed by atoms with Crippen LogP contribution >= 0.6 is 0 Å². The largest absolute Gasteiger partial charge is 0.456 e. The summed E-state index contributed by atoms with van der Waals surface area (Å²) in [6.45, 7) is 0. The number of hydrogen-bond donors (Lipinski definition) is 0. The molecule has 0 radical (unpaired) electrons. The number of furan rings is 1. The smallest absolute Gasteiger partial charge is 0.200 e. The highest BCUT2D eigenvalue weighted by atomic mass is 16.3. The molecule has 3 heterocycles. The van der Waals surface area contributed by atoms with Gasteiger partial charge < -0.3 is 13.4 Å². The number of para-hydroxylation sites is 2. The number of nitrogens with zero attached hydrogens (tertiary/aromatic N) is 1. The van der Waals surface area contributed by atoms with Gasteiger partial charge in [0.2, 0.25) is 5.43 Å². The monoisotopic (exact) mass is 527 g/mol. The zero-order valence-electron chi connectivity index (χ0n) is 21.8. The SMILES string of the molecule is O=c1c2ccc(-c3ccccc3)cc2oc2cc(-n3c4ccccc4c4c5oc6ccccc6c5ccc43)ccc12. The first kappa shape index (κ1) is 22.2. The van der Waals surface area contributed by atoms with E-state index in [1.54, 1.807) is 0 Å². The van der Waals surface area contributed by atoms with Crippen LogP contribution in [0, 0.1) is 0 Å². The fourth-order valence-electron chi connectivity index (χ4n) is 6.30. The summed E-state index contributed by atoms with van der Waals surface area (Å²) in [6.07, 6.45) is 0. The van der Waals surface area contributed by atoms with Crippen LogP contribution in [-0.4, -0.2) is 4.57 Å². The lowest BCUT2D eigenvalue weighted by Gasteiger charge is -2.10. The van der Waals surface area contributed by atoms with Crippen LogP contribution < -0.4 is 5.43 Å². The average molecular weight is 528 g/mol. The Morgan fingerprint density at radius 2 is 1.17 bits per heavy atom. The first-order valence-corrected chi connectivity index (χ1v) is 13.6. The summed E-state index contributed by atoms with van der Waals surface area (Å²) in [5, 5.41) is 5.53. The van der Waals surface area contributed by atoms with Crippen molar-refractivity contribution in [2.45, 2.75) is 0 Å². The summed E-state index contributed by atoms with van der Waals surface area (Å²) in [5.74, 6) is 0. The molecule has 3 aromatic heterocycles.